The molecule has 1 aliphatic heterocycles. The van der Waals surface area contributed by atoms with E-state index in [9.17, 15) is 19.2 Å². The lowest BCUT2D eigenvalue weighted by atomic mass is 10.0. The normalized spacial score (nSPS) is 14.8. The first-order valence-electron chi connectivity index (χ1n) is 9.83. The van der Waals surface area contributed by atoms with Gasteiger partial charge in [-0.05, 0) is 59.1 Å². The minimum atomic E-state index is -1.08. The van der Waals surface area contributed by atoms with Crippen molar-refractivity contribution in [2.45, 2.75) is 19.8 Å². The molecule has 3 rings (SSSR count). The molecule has 3 amide bonds. The van der Waals surface area contributed by atoms with Crippen LogP contribution in [0.5, 0.6) is 5.75 Å². The topological polar surface area (TPSA) is 113 Å². The number of nitrogens with one attached hydrogen (secondary N) is 1. The summed E-state index contributed by atoms with van der Waals surface area (Å²) in [7, 11) is 0. The Morgan fingerprint density at radius 3 is 2.34 bits per heavy atom. The van der Waals surface area contributed by atoms with Crippen LogP contribution in [0.1, 0.15) is 30.9 Å². The standard InChI is InChI=1S/C23H22N2O6S/c1-14(2)16-5-7-17(8-6-16)24-20(26)12-25-22(29)19(32-23(25)30)11-15-3-9-18(10-4-15)31-13-21(27)28/h3-11,14H,12-13H2,1-2H3,(H,24,26)(H,27,28)/b19-11+. The molecule has 2 aromatic rings. The fourth-order valence-electron chi connectivity index (χ4n) is 2.89. The molecule has 0 bridgehead atoms. The second-order valence-corrected chi connectivity index (χ2v) is 8.34. The van der Waals surface area contributed by atoms with Crippen molar-refractivity contribution < 1.29 is 29.0 Å². The molecular weight excluding hydrogens is 432 g/mol. The average Bonchev–Trinajstić information content (AvgIpc) is 3.01. The maximum atomic E-state index is 12.6. The molecule has 166 valence electrons. The highest BCUT2D eigenvalue weighted by Crippen LogP contribution is 2.32. The number of aliphatic carboxylic acids is 1. The molecule has 1 saturated heterocycles. The van der Waals surface area contributed by atoms with E-state index in [0.717, 1.165) is 22.2 Å². The van der Waals surface area contributed by atoms with Crippen molar-refractivity contribution >= 4 is 46.5 Å². The Balaban J connectivity index is 1.61. The zero-order valence-electron chi connectivity index (χ0n) is 17.5. The molecule has 0 aromatic heterocycles. The zero-order valence-corrected chi connectivity index (χ0v) is 18.3. The van der Waals surface area contributed by atoms with Gasteiger partial charge in [0.15, 0.2) is 6.61 Å². The third kappa shape index (κ3) is 5.98. The summed E-state index contributed by atoms with van der Waals surface area (Å²) >= 11 is 0.758. The summed E-state index contributed by atoms with van der Waals surface area (Å²) in [5.41, 5.74) is 2.36. The summed E-state index contributed by atoms with van der Waals surface area (Å²) in [6, 6.07) is 13.8. The van der Waals surface area contributed by atoms with Crippen molar-refractivity contribution in [3.63, 3.8) is 0 Å². The molecule has 9 heteroatoms. The van der Waals surface area contributed by atoms with E-state index in [0.29, 0.717) is 22.9 Å². The van der Waals surface area contributed by atoms with Gasteiger partial charge in [-0.15, -0.1) is 0 Å². The Kier molecular flexibility index (Phi) is 7.32. The number of rotatable bonds is 8. The molecule has 1 fully saturated rings. The largest absolute Gasteiger partial charge is 0.482 e. The third-order valence-corrected chi connectivity index (χ3v) is 5.48. The van der Waals surface area contributed by atoms with Crippen LogP contribution in [0.3, 0.4) is 0 Å². The molecule has 2 N–H and O–H groups in total. The number of benzene rings is 2. The molecule has 0 radical (unpaired) electrons. The van der Waals surface area contributed by atoms with Gasteiger partial charge in [-0.2, -0.15) is 0 Å². The maximum absolute atomic E-state index is 12.6. The van der Waals surface area contributed by atoms with Crippen LogP contribution < -0.4 is 10.1 Å². The van der Waals surface area contributed by atoms with Gasteiger partial charge in [-0.25, -0.2) is 4.79 Å². The number of ether oxygens (including phenoxy) is 1. The van der Waals surface area contributed by atoms with Gasteiger partial charge in [0.2, 0.25) is 5.91 Å². The summed E-state index contributed by atoms with van der Waals surface area (Å²) in [5.74, 6) is -1.35. The van der Waals surface area contributed by atoms with Crippen molar-refractivity contribution in [2.24, 2.45) is 0 Å². The molecule has 8 nitrogen and oxygen atoms in total. The lowest BCUT2D eigenvalue weighted by Gasteiger charge is -2.13. The van der Waals surface area contributed by atoms with Crippen LogP contribution in [0.4, 0.5) is 10.5 Å². The quantitative estimate of drug-likeness (QED) is 0.581. The first-order chi connectivity index (χ1) is 15.2. The van der Waals surface area contributed by atoms with Gasteiger partial charge in [0.05, 0.1) is 4.91 Å². The Labute approximate surface area is 189 Å². The Hall–Kier alpha value is -3.59. The van der Waals surface area contributed by atoms with E-state index >= 15 is 0 Å². The first-order valence-corrected chi connectivity index (χ1v) is 10.6. The van der Waals surface area contributed by atoms with E-state index in [1.54, 1.807) is 36.4 Å². The molecule has 32 heavy (non-hydrogen) atoms. The molecule has 0 unspecified atom stereocenters. The number of hydrogen-bond acceptors (Lipinski definition) is 6. The van der Waals surface area contributed by atoms with Crippen LogP contribution in [-0.2, 0) is 14.4 Å². The molecule has 2 aromatic carbocycles. The summed E-state index contributed by atoms with van der Waals surface area (Å²) < 4.78 is 5.06. The molecule has 0 spiro atoms. The number of hydrogen-bond donors (Lipinski definition) is 2. The smallest absolute Gasteiger partial charge is 0.341 e. The highest BCUT2D eigenvalue weighted by atomic mass is 32.2. The predicted octanol–water partition coefficient (Wildman–Crippen LogP) is 3.95. The second-order valence-electron chi connectivity index (χ2n) is 7.34. The van der Waals surface area contributed by atoms with Gasteiger partial charge in [0.25, 0.3) is 11.1 Å². The van der Waals surface area contributed by atoms with Gasteiger partial charge in [-0.3, -0.25) is 19.3 Å². The number of carboxylic acid groups (broad SMARTS) is 1. The van der Waals surface area contributed by atoms with Crippen LogP contribution in [0, 0.1) is 0 Å². The first kappa shape index (κ1) is 23.1. The molecule has 0 aliphatic carbocycles. The number of thioether (sulfide) groups is 1. The number of carboxylic acids is 1. The van der Waals surface area contributed by atoms with Crippen LogP contribution in [-0.4, -0.2) is 46.2 Å². The van der Waals surface area contributed by atoms with E-state index in [-0.39, 0.29) is 11.4 Å². The van der Waals surface area contributed by atoms with Gasteiger partial charge in [0, 0.05) is 5.69 Å². The van der Waals surface area contributed by atoms with Crippen molar-refractivity contribution in [3.8, 4) is 5.75 Å². The highest BCUT2D eigenvalue weighted by Gasteiger charge is 2.36. The summed E-state index contributed by atoms with van der Waals surface area (Å²) in [5, 5.41) is 10.8. The Bertz CT molecular complexity index is 1060. The minimum absolute atomic E-state index is 0.197. The van der Waals surface area contributed by atoms with E-state index in [2.05, 4.69) is 19.2 Å². The van der Waals surface area contributed by atoms with E-state index < -0.39 is 29.6 Å². The molecule has 1 aliphatic rings. The van der Waals surface area contributed by atoms with Gasteiger partial charge < -0.3 is 15.2 Å². The number of nitrogens with zero attached hydrogens (tertiary/aromatic N) is 1. The number of carbonyl (C=O) groups is 4. The predicted molar refractivity (Wildman–Crippen MR) is 121 cm³/mol. The average molecular weight is 455 g/mol. The SMILES string of the molecule is CC(C)c1ccc(NC(=O)CN2C(=O)S/C(=C/c3ccc(OCC(=O)O)cc3)C2=O)cc1. The third-order valence-electron chi connectivity index (χ3n) is 4.58. The van der Waals surface area contributed by atoms with E-state index in [1.165, 1.54) is 6.08 Å². The lowest BCUT2D eigenvalue weighted by molar-refractivity contribution is -0.139. The van der Waals surface area contributed by atoms with Crippen molar-refractivity contribution in [3.05, 3.63) is 64.6 Å². The summed E-state index contributed by atoms with van der Waals surface area (Å²) in [6.45, 7) is 3.31. The van der Waals surface area contributed by atoms with E-state index in [1.807, 2.05) is 12.1 Å². The maximum Gasteiger partial charge on any atom is 0.341 e. The molecule has 0 saturated carbocycles. The fourth-order valence-corrected chi connectivity index (χ4v) is 3.73. The van der Waals surface area contributed by atoms with Crippen LogP contribution in [0.25, 0.3) is 6.08 Å². The van der Waals surface area contributed by atoms with Gasteiger partial charge in [0.1, 0.15) is 12.3 Å². The second kappa shape index (κ2) is 10.1. The van der Waals surface area contributed by atoms with Crippen LogP contribution in [0.2, 0.25) is 0 Å². The lowest BCUT2D eigenvalue weighted by Crippen LogP contribution is -2.36. The fraction of sp³-hybridized carbons (Fsp3) is 0.217. The summed E-state index contributed by atoms with van der Waals surface area (Å²) in [4.78, 5) is 48.9. The number of amides is 3. The van der Waals surface area contributed by atoms with E-state index in [4.69, 9.17) is 9.84 Å². The number of carbonyl (C=O) groups excluding carboxylic acids is 3. The van der Waals surface area contributed by atoms with Crippen molar-refractivity contribution in [2.75, 3.05) is 18.5 Å². The Morgan fingerprint density at radius 1 is 1.09 bits per heavy atom. The van der Waals surface area contributed by atoms with Gasteiger partial charge >= 0.3 is 5.97 Å². The minimum Gasteiger partial charge on any atom is -0.482 e. The zero-order chi connectivity index (χ0) is 23.3. The highest BCUT2D eigenvalue weighted by molar-refractivity contribution is 8.18. The number of anilines is 1. The Morgan fingerprint density at radius 2 is 1.75 bits per heavy atom. The monoisotopic (exact) mass is 454 g/mol. The van der Waals surface area contributed by atoms with Crippen molar-refractivity contribution in [1.82, 2.24) is 4.90 Å². The van der Waals surface area contributed by atoms with Crippen LogP contribution in [0.15, 0.2) is 53.4 Å². The van der Waals surface area contributed by atoms with Crippen LogP contribution >= 0.6 is 11.8 Å². The summed E-state index contributed by atoms with van der Waals surface area (Å²) in [6.07, 6.45) is 1.54. The van der Waals surface area contributed by atoms with Gasteiger partial charge in [-0.1, -0.05) is 38.1 Å². The molecule has 1 heterocycles. The van der Waals surface area contributed by atoms with Crippen molar-refractivity contribution in [1.29, 1.82) is 0 Å². The number of imide groups is 1. The molecular formula is C23H22N2O6S. The molecule has 0 atom stereocenters.